The summed E-state index contributed by atoms with van der Waals surface area (Å²) in [5.74, 6) is -0.148. The molecule has 3 heteroatoms. The van der Waals surface area contributed by atoms with Crippen molar-refractivity contribution in [1.29, 1.82) is 0 Å². The van der Waals surface area contributed by atoms with Gasteiger partial charge in [0.2, 0.25) is 0 Å². The molecule has 104 valence electrons. The highest BCUT2D eigenvalue weighted by Crippen LogP contribution is 2.37. The van der Waals surface area contributed by atoms with Crippen molar-refractivity contribution in [1.82, 2.24) is 0 Å². The summed E-state index contributed by atoms with van der Waals surface area (Å²) in [6, 6.07) is 20.2. The molecule has 2 rings (SSSR count). The number of ether oxygens (including phenoxy) is 1. The summed E-state index contributed by atoms with van der Waals surface area (Å²) in [5.41, 5.74) is 1.15. The van der Waals surface area contributed by atoms with Gasteiger partial charge in [-0.2, -0.15) is 0 Å². The molecule has 0 heterocycles. The molecular weight excluding hydrogens is 268 g/mol. The number of hydrogen-bond donors (Lipinski definition) is 0. The van der Waals surface area contributed by atoms with Gasteiger partial charge in [-0.25, -0.2) is 0 Å². The molecule has 0 aromatic heterocycles. The Bertz CT molecular complexity index is 525. The van der Waals surface area contributed by atoms with Gasteiger partial charge in [-0.3, -0.25) is 4.79 Å². The SMILES string of the molecule is CCOC(=O)C[C@@H](Sc1ccccc1)c1ccccc1. The van der Waals surface area contributed by atoms with Gasteiger partial charge in [0.25, 0.3) is 0 Å². The lowest BCUT2D eigenvalue weighted by Crippen LogP contribution is -2.08. The van der Waals surface area contributed by atoms with Crippen LogP contribution in [0.15, 0.2) is 65.6 Å². The molecule has 0 unspecified atom stereocenters. The van der Waals surface area contributed by atoms with E-state index in [4.69, 9.17) is 4.74 Å². The first-order chi connectivity index (χ1) is 9.79. The Balaban J connectivity index is 2.14. The van der Waals surface area contributed by atoms with Gasteiger partial charge in [0.1, 0.15) is 0 Å². The largest absolute Gasteiger partial charge is 0.466 e. The highest BCUT2D eigenvalue weighted by Gasteiger charge is 2.18. The van der Waals surface area contributed by atoms with Crippen molar-refractivity contribution in [3.05, 3.63) is 66.2 Å². The Morgan fingerprint density at radius 2 is 1.65 bits per heavy atom. The van der Waals surface area contributed by atoms with Crippen LogP contribution in [0.2, 0.25) is 0 Å². The van der Waals surface area contributed by atoms with E-state index in [1.165, 1.54) is 0 Å². The summed E-state index contributed by atoms with van der Waals surface area (Å²) in [6.07, 6.45) is 0.386. The number of hydrogen-bond acceptors (Lipinski definition) is 3. The summed E-state index contributed by atoms with van der Waals surface area (Å²) in [5, 5.41) is 0.0812. The van der Waals surface area contributed by atoms with Crippen LogP contribution < -0.4 is 0 Å². The zero-order valence-electron chi connectivity index (χ0n) is 11.5. The van der Waals surface area contributed by atoms with Gasteiger partial charge in [-0.15, -0.1) is 11.8 Å². The summed E-state index contributed by atoms with van der Waals surface area (Å²) >= 11 is 1.70. The van der Waals surface area contributed by atoms with Crippen molar-refractivity contribution in [3.8, 4) is 0 Å². The van der Waals surface area contributed by atoms with Crippen molar-refractivity contribution in [2.45, 2.75) is 23.5 Å². The maximum Gasteiger partial charge on any atom is 0.307 e. The highest BCUT2D eigenvalue weighted by atomic mass is 32.2. The van der Waals surface area contributed by atoms with Crippen LogP contribution in [-0.4, -0.2) is 12.6 Å². The van der Waals surface area contributed by atoms with Crippen LogP contribution >= 0.6 is 11.8 Å². The quantitative estimate of drug-likeness (QED) is 0.579. The van der Waals surface area contributed by atoms with Crippen LogP contribution in [0.25, 0.3) is 0 Å². The van der Waals surface area contributed by atoms with Crippen molar-refractivity contribution in [2.75, 3.05) is 6.61 Å². The third-order valence-corrected chi connectivity index (χ3v) is 4.12. The molecule has 0 aliphatic heterocycles. The molecule has 0 aliphatic rings. The standard InChI is InChI=1S/C17H18O2S/c1-2-19-17(18)13-16(14-9-5-3-6-10-14)20-15-11-7-4-8-12-15/h3-12,16H,2,13H2,1H3/t16-/m1/s1. The fraction of sp³-hybridized carbons (Fsp3) is 0.235. The van der Waals surface area contributed by atoms with E-state index in [-0.39, 0.29) is 11.2 Å². The molecule has 0 bridgehead atoms. The zero-order chi connectivity index (χ0) is 14.2. The van der Waals surface area contributed by atoms with Crippen molar-refractivity contribution < 1.29 is 9.53 Å². The lowest BCUT2D eigenvalue weighted by Gasteiger charge is -2.16. The first kappa shape index (κ1) is 14.7. The van der Waals surface area contributed by atoms with Gasteiger partial charge in [-0.1, -0.05) is 48.5 Å². The van der Waals surface area contributed by atoms with E-state index < -0.39 is 0 Å². The minimum atomic E-state index is -0.148. The number of benzene rings is 2. The van der Waals surface area contributed by atoms with Crippen LogP contribution in [0.3, 0.4) is 0 Å². The topological polar surface area (TPSA) is 26.3 Å². The molecule has 2 aromatic carbocycles. The fourth-order valence-electron chi connectivity index (χ4n) is 1.93. The van der Waals surface area contributed by atoms with E-state index in [0.717, 1.165) is 10.5 Å². The van der Waals surface area contributed by atoms with Crippen LogP contribution in [0.5, 0.6) is 0 Å². The second-order valence-corrected chi connectivity index (χ2v) is 5.62. The van der Waals surface area contributed by atoms with Gasteiger partial charge >= 0.3 is 5.97 Å². The molecule has 0 fully saturated rings. The Kier molecular flexibility index (Phi) is 5.69. The van der Waals surface area contributed by atoms with E-state index in [0.29, 0.717) is 13.0 Å². The molecule has 20 heavy (non-hydrogen) atoms. The van der Waals surface area contributed by atoms with Gasteiger partial charge in [-0.05, 0) is 24.6 Å². The second kappa shape index (κ2) is 7.75. The Labute approximate surface area is 124 Å². The number of rotatable bonds is 6. The van der Waals surface area contributed by atoms with Crippen molar-refractivity contribution >= 4 is 17.7 Å². The first-order valence-electron chi connectivity index (χ1n) is 6.72. The van der Waals surface area contributed by atoms with Gasteiger partial charge in [0.15, 0.2) is 0 Å². The third-order valence-electron chi connectivity index (χ3n) is 2.85. The molecule has 0 saturated heterocycles. The average molecular weight is 286 g/mol. The van der Waals surface area contributed by atoms with Crippen molar-refractivity contribution in [3.63, 3.8) is 0 Å². The normalized spacial score (nSPS) is 11.8. The lowest BCUT2D eigenvalue weighted by molar-refractivity contribution is -0.143. The first-order valence-corrected chi connectivity index (χ1v) is 7.60. The number of esters is 1. The van der Waals surface area contributed by atoms with Gasteiger partial charge in [0.05, 0.1) is 13.0 Å². The molecule has 0 aliphatic carbocycles. The van der Waals surface area contributed by atoms with Crippen LogP contribution in [0.4, 0.5) is 0 Å². The second-order valence-electron chi connectivity index (χ2n) is 4.34. The number of thioether (sulfide) groups is 1. The molecule has 0 radical (unpaired) electrons. The van der Waals surface area contributed by atoms with Crippen LogP contribution in [-0.2, 0) is 9.53 Å². The Morgan fingerprint density at radius 1 is 1.05 bits per heavy atom. The maximum absolute atomic E-state index is 11.8. The Morgan fingerprint density at radius 3 is 2.25 bits per heavy atom. The number of carbonyl (C=O) groups is 1. The monoisotopic (exact) mass is 286 g/mol. The minimum Gasteiger partial charge on any atom is -0.466 e. The minimum absolute atomic E-state index is 0.0812. The van der Waals surface area contributed by atoms with Crippen LogP contribution in [0.1, 0.15) is 24.2 Å². The average Bonchev–Trinajstić information content (AvgIpc) is 2.49. The summed E-state index contributed by atoms with van der Waals surface area (Å²) < 4.78 is 5.08. The lowest BCUT2D eigenvalue weighted by atomic mass is 10.1. The van der Waals surface area contributed by atoms with E-state index in [2.05, 4.69) is 24.3 Å². The molecule has 2 aromatic rings. The molecule has 0 spiro atoms. The smallest absolute Gasteiger partial charge is 0.307 e. The van der Waals surface area contributed by atoms with E-state index >= 15 is 0 Å². The summed E-state index contributed by atoms with van der Waals surface area (Å²) in [4.78, 5) is 12.9. The predicted octanol–water partition coefficient (Wildman–Crippen LogP) is 4.47. The summed E-state index contributed by atoms with van der Waals surface area (Å²) in [7, 11) is 0. The van der Waals surface area contributed by atoms with Crippen molar-refractivity contribution in [2.24, 2.45) is 0 Å². The molecule has 0 saturated carbocycles. The molecule has 1 atom stereocenters. The zero-order valence-corrected chi connectivity index (χ0v) is 12.3. The maximum atomic E-state index is 11.8. The third kappa shape index (κ3) is 4.42. The fourth-order valence-corrected chi connectivity index (χ4v) is 3.09. The predicted molar refractivity (Wildman–Crippen MR) is 82.7 cm³/mol. The van der Waals surface area contributed by atoms with E-state index in [1.54, 1.807) is 11.8 Å². The summed E-state index contributed by atoms with van der Waals surface area (Å²) in [6.45, 7) is 2.26. The van der Waals surface area contributed by atoms with Gasteiger partial charge in [0, 0.05) is 10.1 Å². The van der Waals surface area contributed by atoms with Gasteiger partial charge < -0.3 is 4.74 Å². The molecule has 0 amide bonds. The molecule has 2 nitrogen and oxygen atoms in total. The molecule has 0 N–H and O–H groups in total. The Hall–Kier alpha value is -1.74. The van der Waals surface area contributed by atoms with E-state index in [1.807, 2.05) is 43.3 Å². The highest BCUT2D eigenvalue weighted by molar-refractivity contribution is 7.99. The van der Waals surface area contributed by atoms with Crippen LogP contribution in [0, 0.1) is 0 Å². The molecular formula is C17H18O2S. The number of carbonyl (C=O) groups excluding carboxylic acids is 1. The van der Waals surface area contributed by atoms with E-state index in [9.17, 15) is 4.79 Å².